The van der Waals surface area contributed by atoms with Gasteiger partial charge in [-0.3, -0.25) is 0 Å². The van der Waals surface area contributed by atoms with Crippen molar-refractivity contribution in [2.24, 2.45) is 0 Å². The van der Waals surface area contributed by atoms with Crippen molar-refractivity contribution in [3.8, 4) is 23.1 Å². The fourth-order valence-corrected chi connectivity index (χ4v) is 2.51. The molecule has 2 aromatic heterocycles. The van der Waals surface area contributed by atoms with Crippen molar-refractivity contribution in [3.63, 3.8) is 0 Å². The number of nitrogens with two attached hydrogens (primary N) is 1. The summed E-state index contributed by atoms with van der Waals surface area (Å²) in [5, 5.41) is 9.14. The number of anilines is 1. The van der Waals surface area contributed by atoms with Crippen LogP contribution in [0, 0.1) is 11.3 Å². The van der Waals surface area contributed by atoms with Gasteiger partial charge in [0.15, 0.2) is 0 Å². The molecule has 0 saturated heterocycles. The average Bonchev–Trinajstić information content (AvgIpc) is 2.92. The molecule has 0 aliphatic rings. The lowest BCUT2D eigenvalue weighted by atomic mass is 10.1. The molecule has 0 amide bonds. The van der Waals surface area contributed by atoms with Crippen LogP contribution in [-0.4, -0.2) is 16.0 Å². The van der Waals surface area contributed by atoms with Crippen molar-refractivity contribution in [1.82, 2.24) is 9.38 Å². The number of pyridine rings is 1. The second-order valence-electron chi connectivity index (χ2n) is 5.31. The van der Waals surface area contributed by atoms with Crippen molar-refractivity contribution < 1.29 is 4.74 Å². The largest absolute Gasteiger partial charge is 0.494 e. The molecule has 0 bridgehead atoms. The van der Waals surface area contributed by atoms with Crippen LogP contribution in [0.1, 0.15) is 19.0 Å². The van der Waals surface area contributed by atoms with Crippen LogP contribution in [0.2, 0.25) is 0 Å². The number of nitrogen functional groups attached to an aromatic ring is 1. The number of aromatic nitrogens is 2. The predicted octanol–water partition coefficient (Wildman–Crippen LogP) is 3.44. The number of rotatable bonds is 5. The molecular weight excluding hydrogens is 288 g/mol. The Kier molecular flexibility index (Phi) is 4.15. The van der Waals surface area contributed by atoms with Gasteiger partial charge in [0.2, 0.25) is 0 Å². The number of imidazole rings is 1. The molecule has 2 N–H and O–H groups in total. The lowest BCUT2D eigenvalue weighted by Crippen LogP contribution is -1.96. The molecule has 2 heterocycles. The van der Waals surface area contributed by atoms with Crippen LogP contribution in [0.5, 0.6) is 5.75 Å². The van der Waals surface area contributed by atoms with Gasteiger partial charge in [0, 0.05) is 17.4 Å². The van der Waals surface area contributed by atoms with Gasteiger partial charge in [-0.15, -0.1) is 0 Å². The summed E-state index contributed by atoms with van der Waals surface area (Å²) < 4.78 is 7.49. The summed E-state index contributed by atoms with van der Waals surface area (Å²) in [6.45, 7) is 2.78. The molecule has 3 rings (SSSR count). The Hall–Kier alpha value is -3.00. The molecule has 0 spiro atoms. The van der Waals surface area contributed by atoms with E-state index >= 15 is 0 Å². The topological polar surface area (TPSA) is 76.3 Å². The fourth-order valence-electron chi connectivity index (χ4n) is 2.51. The van der Waals surface area contributed by atoms with Crippen molar-refractivity contribution >= 4 is 11.3 Å². The van der Waals surface area contributed by atoms with Crippen LogP contribution in [0.15, 0.2) is 42.6 Å². The van der Waals surface area contributed by atoms with E-state index in [1.54, 1.807) is 6.20 Å². The number of nitriles is 1. The zero-order chi connectivity index (χ0) is 16.2. The van der Waals surface area contributed by atoms with Crippen LogP contribution in [0.25, 0.3) is 16.9 Å². The predicted molar refractivity (Wildman–Crippen MR) is 90.1 cm³/mol. The molecule has 0 atom stereocenters. The molecular formula is C18H18N4O. The highest BCUT2D eigenvalue weighted by atomic mass is 16.5. The summed E-state index contributed by atoms with van der Waals surface area (Å²) in [5.41, 5.74) is 9.89. The molecule has 23 heavy (non-hydrogen) atoms. The van der Waals surface area contributed by atoms with E-state index in [2.05, 4.69) is 18.0 Å². The van der Waals surface area contributed by atoms with E-state index < -0.39 is 0 Å². The SMILES string of the molecule is CCCOc1ccc(-c2nc3ccc(N)cn3c2CC#N)cc1. The number of ether oxygens (including phenoxy) is 1. The van der Waals surface area contributed by atoms with Crippen molar-refractivity contribution in [1.29, 1.82) is 5.26 Å². The molecule has 116 valence electrons. The number of nitrogens with zero attached hydrogens (tertiary/aromatic N) is 3. The Morgan fingerprint density at radius 2 is 2.00 bits per heavy atom. The third kappa shape index (κ3) is 2.97. The van der Waals surface area contributed by atoms with Crippen molar-refractivity contribution in [2.75, 3.05) is 12.3 Å². The molecule has 0 saturated carbocycles. The van der Waals surface area contributed by atoms with Gasteiger partial charge in [0.25, 0.3) is 0 Å². The highest BCUT2D eigenvalue weighted by Gasteiger charge is 2.14. The molecule has 0 fully saturated rings. The van der Waals surface area contributed by atoms with Gasteiger partial charge in [-0.2, -0.15) is 5.26 Å². The Bertz CT molecular complexity index is 859. The van der Waals surface area contributed by atoms with E-state index in [4.69, 9.17) is 15.7 Å². The van der Waals surface area contributed by atoms with Crippen molar-refractivity contribution in [3.05, 3.63) is 48.3 Å². The van der Waals surface area contributed by atoms with E-state index in [1.807, 2.05) is 40.8 Å². The van der Waals surface area contributed by atoms with Gasteiger partial charge in [-0.05, 0) is 42.8 Å². The monoisotopic (exact) mass is 306 g/mol. The maximum atomic E-state index is 9.14. The molecule has 5 heteroatoms. The highest BCUT2D eigenvalue weighted by Crippen LogP contribution is 2.27. The Balaban J connectivity index is 2.04. The molecule has 0 aliphatic carbocycles. The molecule has 0 radical (unpaired) electrons. The summed E-state index contributed by atoms with van der Waals surface area (Å²) in [7, 11) is 0. The van der Waals surface area contributed by atoms with Crippen LogP contribution >= 0.6 is 0 Å². The third-order valence-corrected chi connectivity index (χ3v) is 3.59. The molecule has 0 aliphatic heterocycles. The summed E-state index contributed by atoms with van der Waals surface area (Å²) >= 11 is 0. The second kappa shape index (κ2) is 6.41. The maximum absolute atomic E-state index is 9.14. The Morgan fingerprint density at radius 1 is 1.22 bits per heavy atom. The first-order valence-electron chi connectivity index (χ1n) is 7.59. The second-order valence-corrected chi connectivity index (χ2v) is 5.31. The van der Waals surface area contributed by atoms with Crippen LogP contribution in [-0.2, 0) is 6.42 Å². The Morgan fingerprint density at radius 3 is 2.70 bits per heavy atom. The first-order chi connectivity index (χ1) is 11.2. The lowest BCUT2D eigenvalue weighted by Gasteiger charge is -2.06. The first kappa shape index (κ1) is 14.9. The van der Waals surface area contributed by atoms with E-state index in [9.17, 15) is 0 Å². The molecule has 0 unspecified atom stereocenters. The lowest BCUT2D eigenvalue weighted by molar-refractivity contribution is 0.317. The maximum Gasteiger partial charge on any atom is 0.137 e. The van der Waals surface area contributed by atoms with Gasteiger partial charge in [-0.1, -0.05) is 6.92 Å². The highest BCUT2D eigenvalue weighted by molar-refractivity contribution is 5.68. The first-order valence-corrected chi connectivity index (χ1v) is 7.59. The molecule has 5 nitrogen and oxygen atoms in total. The van der Waals surface area contributed by atoms with Gasteiger partial charge < -0.3 is 14.9 Å². The zero-order valence-corrected chi connectivity index (χ0v) is 13.0. The van der Waals surface area contributed by atoms with Gasteiger partial charge in [-0.25, -0.2) is 4.98 Å². The van der Waals surface area contributed by atoms with E-state index in [1.165, 1.54) is 0 Å². The smallest absolute Gasteiger partial charge is 0.137 e. The number of hydrogen-bond donors (Lipinski definition) is 1. The Labute approximate surface area is 134 Å². The average molecular weight is 306 g/mol. The van der Waals surface area contributed by atoms with Gasteiger partial charge in [0.05, 0.1) is 30.5 Å². The van der Waals surface area contributed by atoms with Gasteiger partial charge in [0.1, 0.15) is 11.4 Å². The van der Waals surface area contributed by atoms with Gasteiger partial charge >= 0.3 is 0 Å². The summed E-state index contributed by atoms with van der Waals surface area (Å²) in [6.07, 6.45) is 3.05. The minimum absolute atomic E-state index is 0.272. The van der Waals surface area contributed by atoms with Crippen molar-refractivity contribution in [2.45, 2.75) is 19.8 Å². The van der Waals surface area contributed by atoms with E-state index in [0.717, 1.165) is 34.8 Å². The minimum atomic E-state index is 0.272. The van der Waals surface area contributed by atoms with Crippen LogP contribution in [0.4, 0.5) is 5.69 Å². The molecule has 3 aromatic rings. The third-order valence-electron chi connectivity index (χ3n) is 3.59. The number of hydrogen-bond acceptors (Lipinski definition) is 4. The fraction of sp³-hybridized carbons (Fsp3) is 0.222. The number of fused-ring (bicyclic) bond motifs is 1. The normalized spacial score (nSPS) is 10.6. The summed E-state index contributed by atoms with van der Waals surface area (Å²) in [6, 6.07) is 13.7. The number of benzene rings is 1. The molecule has 1 aromatic carbocycles. The van der Waals surface area contributed by atoms with E-state index in [-0.39, 0.29) is 6.42 Å². The zero-order valence-electron chi connectivity index (χ0n) is 13.0. The van der Waals surface area contributed by atoms with Crippen LogP contribution in [0.3, 0.4) is 0 Å². The van der Waals surface area contributed by atoms with E-state index in [0.29, 0.717) is 12.3 Å². The summed E-state index contributed by atoms with van der Waals surface area (Å²) in [4.78, 5) is 4.65. The standard InChI is InChI=1S/C18H18N4O/c1-2-11-23-15-6-3-13(4-7-15)18-16(9-10-19)22-12-14(20)5-8-17(22)21-18/h3-8,12H,2,9,11,20H2,1H3. The summed E-state index contributed by atoms with van der Waals surface area (Å²) in [5.74, 6) is 0.838. The quantitative estimate of drug-likeness (QED) is 0.783. The van der Waals surface area contributed by atoms with Crippen LogP contribution < -0.4 is 10.5 Å². The minimum Gasteiger partial charge on any atom is -0.494 e.